The first-order valence-corrected chi connectivity index (χ1v) is 6.14. The summed E-state index contributed by atoms with van der Waals surface area (Å²) in [7, 11) is 0. The maximum atomic E-state index is 12.1. The van der Waals surface area contributed by atoms with E-state index in [1.807, 2.05) is 0 Å². The molecule has 1 fully saturated rings. The van der Waals surface area contributed by atoms with Gasteiger partial charge in [0.05, 0.1) is 6.54 Å². The minimum Gasteiger partial charge on any atom is -0.479 e. The van der Waals surface area contributed by atoms with E-state index in [9.17, 15) is 14.7 Å². The third-order valence-corrected chi connectivity index (χ3v) is 3.52. The van der Waals surface area contributed by atoms with Gasteiger partial charge in [0.1, 0.15) is 5.54 Å². The Balaban J connectivity index is 2.03. The standard InChI is InChI=1S/C11H16N4O4/c1-2-11(9(16)17)4-3-5-15(11)10(18)12-6-8-13-7-19-14-8/h7H,2-6H2,1H3,(H,12,18)(H,16,17). The second-order valence-electron chi connectivity index (χ2n) is 4.45. The number of rotatable bonds is 4. The molecule has 1 saturated heterocycles. The summed E-state index contributed by atoms with van der Waals surface area (Å²) in [6, 6.07) is -0.411. The average Bonchev–Trinajstić information content (AvgIpc) is 3.05. The molecule has 8 heteroatoms. The van der Waals surface area contributed by atoms with Crippen LogP contribution in [0.4, 0.5) is 4.79 Å². The van der Waals surface area contributed by atoms with Crippen LogP contribution in [0.2, 0.25) is 0 Å². The lowest BCUT2D eigenvalue weighted by atomic mass is 9.93. The summed E-state index contributed by atoms with van der Waals surface area (Å²) in [5.41, 5.74) is -1.10. The quantitative estimate of drug-likeness (QED) is 0.828. The summed E-state index contributed by atoms with van der Waals surface area (Å²) >= 11 is 0. The van der Waals surface area contributed by atoms with Gasteiger partial charge in [0.2, 0.25) is 6.39 Å². The smallest absolute Gasteiger partial charge is 0.329 e. The van der Waals surface area contributed by atoms with Gasteiger partial charge < -0.3 is 19.8 Å². The Morgan fingerprint density at radius 3 is 3.00 bits per heavy atom. The Hall–Kier alpha value is -2.12. The van der Waals surface area contributed by atoms with Crippen LogP contribution in [0, 0.1) is 0 Å². The van der Waals surface area contributed by atoms with Crippen LogP contribution >= 0.6 is 0 Å². The second kappa shape index (κ2) is 5.25. The van der Waals surface area contributed by atoms with Crippen LogP contribution in [0.15, 0.2) is 10.9 Å². The molecule has 2 heterocycles. The van der Waals surface area contributed by atoms with Gasteiger partial charge in [0.25, 0.3) is 0 Å². The zero-order chi connectivity index (χ0) is 13.9. The molecule has 1 aliphatic rings. The van der Waals surface area contributed by atoms with Gasteiger partial charge in [-0.25, -0.2) is 9.59 Å². The van der Waals surface area contributed by atoms with Crippen molar-refractivity contribution in [1.82, 2.24) is 20.4 Å². The van der Waals surface area contributed by atoms with E-state index in [1.54, 1.807) is 6.92 Å². The number of carboxylic acids is 1. The van der Waals surface area contributed by atoms with Gasteiger partial charge in [-0.15, -0.1) is 0 Å². The molecule has 0 spiro atoms. The second-order valence-corrected chi connectivity index (χ2v) is 4.45. The largest absolute Gasteiger partial charge is 0.479 e. The van der Waals surface area contributed by atoms with Crippen LogP contribution in [0.3, 0.4) is 0 Å². The Bertz CT molecular complexity index is 461. The van der Waals surface area contributed by atoms with Crippen molar-refractivity contribution in [2.24, 2.45) is 0 Å². The van der Waals surface area contributed by atoms with E-state index in [4.69, 9.17) is 0 Å². The molecule has 1 aromatic rings. The maximum Gasteiger partial charge on any atom is 0.329 e. The molecule has 0 saturated carbocycles. The number of aromatic nitrogens is 2. The summed E-state index contributed by atoms with van der Waals surface area (Å²) in [5, 5.41) is 15.6. The Morgan fingerprint density at radius 1 is 1.63 bits per heavy atom. The SMILES string of the molecule is CCC1(C(=O)O)CCCN1C(=O)NCc1ncon1. The van der Waals surface area contributed by atoms with Crippen molar-refractivity contribution in [3.63, 3.8) is 0 Å². The number of aliphatic carboxylic acids is 1. The Morgan fingerprint density at radius 2 is 2.42 bits per heavy atom. The van der Waals surface area contributed by atoms with Crippen LogP contribution in [-0.4, -0.2) is 44.2 Å². The fourth-order valence-electron chi connectivity index (χ4n) is 2.44. The number of hydrogen-bond acceptors (Lipinski definition) is 5. The molecule has 1 aliphatic heterocycles. The highest BCUT2D eigenvalue weighted by Crippen LogP contribution is 2.32. The molecule has 8 nitrogen and oxygen atoms in total. The van der Waals surface area contributed by atoms with E-state index in [2.05, 4.69) is 20.0 Å². The van der Waals surface area contributed by atoms with Crippen molar-refractivity contribution in [3.05, 3.63) is 12.2 Å². The van der Waals surface area contributed by atoms with Crippen LogP contribution in [-0.2, 0) is 11.3 Å². The van der Waals surface area contributed by atoms with Gasteiger partial charge in [-0.05, 0) is 19.3 Å². The van der Waals surface area contributed by atoms with Gasteiger partial charge in [-0.1, -0.05) is 12.1 Å². The van der Waals surface area contributed by atoms with Crippen molar-refractivity contribution in [2.45, 2.75) is 38.3 Å². The molecule has 19 heavy (non-hydrogen) atoms. The van der Waals surface area contributed by atoms with Gasteiger partial charge in [-0.3, -0.25) is 0 Å². The predicted octanol–water partition coefficient (Wildman–Crippen LogP) is 0.608. The number of carbonyl (C=O) groups is 2. The number of carbonyl (C=O) groups excluding carboxylic acids is 1. The normalized spacial score (nSPS) is 22.5. The molecular formula is C11H16N4O4. The number of nitrogens with zero attached hydrogens (tertiary/aromatic N) is 3. The van der Waals surface area contributed by atoms with E-state index in [1.165, 1.54) is 11.3 Å². The molecule has 1 unspecified atom stereocenters. The fraction of sp³-hybridized carbons (Fsp3) is 0.636. The van der Waals surface area contributed by atoms with Crippen LogP contribution in [0.25, 0.3) is 0 Å². The molecule has 0 aliphatic carbocycles. The third-order valence-electron chi connectivity index (χ3n) is 3.52. The summed E-state index contributed by atoms with van der Waals surface area (Å²) in [4.78, 5) is 28.7. The zero-order valence-corrected chi connectivity index (χ0v) is 10.6. The summed E-state index contributed by atoms with van der Waals surface area (Å²) in [6.07, 6.45) is 2.73. The van der Waals surface area contributed by atoms with E-state index in [-0.39, 0.29) is 6.54 Å². The molecule has 0 bridgehead atoms. The van der Waals surface area contributed by atoms with Crippen molar-refractivity contribution >= 4 is 12.0 Å². The number of amides is 2. The first-order valence-electron chi connectivity index (χ1n) is 6.14. The Labute approximate surface area is 109 Å². The first-order chi connectivity index (χ1) is 9.10. The van der Waals surface area contributed by atoms with Crippen molar-refractivity contribution in [2.75, 3.05) is 6.54 Å². The fourth-order valence-corrected chi connectivity index (χ4v) is 2.44. The molecule has 1 atom stereocenters. The maximum absolute atomic E-state index is 12.1. The minimum atomic E-state index is -1.10. The van der Waals surface area contributed by atoms with E-state index in [0.717, 1.165) is 0 Å². The molecule has 1 aromatic heterocycles. The van der Waals surface area contributed by atoms with Gasteiger partial charge in [-0.2, -0.15) is 4.98 Å². The van der Waals surface area contributed by atoms with Crippen molar-refractivity contribution in [1.29, 1.82) is 0 Å². The van der Waals surface area contributed by atoms with Crippen molar-refractivity contribution in [3.8, 4) is 0 Å². The number of carboxylic acid groups (broad SMARTS) is 1. The van der Waals surface area contributed by atoms with Crippen LogP contribution in [0.1, 0.15) is 32.0 Å². The highest BCUT2D eigenvalue weighted by atomic mass is 16.5. The zero-order valence-electron chi connectivity index (χ0n) is 10.6. The number of urea groups is 1. The highest BCUT2D eigenvalue weighted by Gasteiger charge is 2.48. The van der Waals surface area contributed by atoms with E-state index in [0.29, 0.717) is 31.6 Å². The summed E-state index contributed by atoms with van der Waals surface area (Å²) < 4.78 is 4.55. The van der Waals surface area contributed by atoms with Gasteiger partial charge in [0, 0.05) is 6.54 Å². The van der Waals surface area contributed by atoms with E-state index < -0.39 is 17.5 Å². The minimum absolute atomic E-state index is 0.116. The number of nitrogens with one attached hydrogen (secondary N) is 1. The molecule has 2 N–H and O–H groups in total. The topological polar surface area (TPSA) is 109 Å². The predicted molar refractivity (Wildman–Crippen MR) is 63.1 cm³/mol. The lowest BCUT2D eigenvalue weighted by molar-refractivity contribution is -0.148. The molecule has 2 amide bonds. The lowest BCUT2D eigenvalue weighted by Gasteiger charge is -2.33. The third kappa shape index (κ3) is 2.38. The number of likely N-dealkylation sites (tertiary alicyclic amines) is 1. The Kier molecular flexibility index (Phi) is 3.68. The van der Waals surface area contributed by atoms with Gasteiger partial charge in [0.15, 0.2) is 5.82 Å². The van der Waals surface area contributed by atoms with Crippen LogP contribution < -0.4 is 5.32 Å². The van der Waals surface area contributed by atoms with E-state index >= 15 is 0 Å². The first kappa shape index (κ1) is 13.3. The molecular weight excluding hydrogens is 252 g/mol. The van der Waals surface area contributed by atoms with Gasteiger partial charge >= 0.3 is 12.0 Å². The van der Waals surface area contributed by atoms with Crippen LogP contribution in [0.5, 0.6) is 0 Å². The molecule has 2 rings (SSSR count). The molecule has 104 valence electrons. The molecule has 0 radical (unpaired) electrons. The molecule has 0 aromatic carbocycles. The lowest BCUT2D eigenvalue weighted by Crippen LogP contribution is -2.55. The average molecular weight is 268 g/mol. The summed E-state index contributed by atoms with van der Waals surface area (Å²) in [6.45, 7) is 2.34. The monoisotopic (exact) mass is 268 g/mol. The van der Waals surface area contributed by atoms with Crippen molar-refractivity contribution < 1.29 is 19.2 Å². The highest BCUT2D eigenvalue weighted by molar-refractivity contribution is 5.87. The summed E-state index contributed by atoms with van der Waals surface area (Å²) in [5.74, 6) is -0.604. The number of hydrogen-bond donors (Lipinski definition) is 2.